The fourth-order valence-corrected chi connectivity index (χ4v) is 2.56. The van der Waals surface area contributed by atoms with Crippen LogP contribution >= 0.6 is 0 Å². The van der Waals surface area contributed by atoms with Gasteiger partial charge in [0.15, 0.2) is 0 Å². The van der Waals surface area contributed by atoms with Crippen LogP contribution in [0.2, 0.25) is 0 Å². The number of ether oxygens (including phenoxy) is 1. The van der Waals surface area contributed by atoms with Crippen LogP contribution < -0.4 is 4.74 Å². The van der Waals surface area contributed by atoms with E-state index >= 15 is 0 Å². The number of amides is 1. The predicted octanol–water partition coefficient (Wildman–Crippen LogP) is 1.16. The van der Waals surface area contributed by atoms with Gasteiger partial charge < -0.3 is 14.7 Å². The first kappa shape index (κ1) is 15.8. The van der Waals surface area contributed by atoms with Crippen molar-refractivity contribution >= 4 is 5.91 Å². The topological polar surface area (TPSA) is 53.0 Å². The summed E-state index contributed by atoms with van der Waals surface area (Å²) < 4.78 is 5.67. The minimum absolute atomic E-state index is 0.125. The average molecular weight is 292 g/mol. The molecule has 1 unspecified atom stereocenters. The highest BCUT2D eigenvalue weighted by Crippen LogP contribution is 2.19. The van der Waals surface area contributed by atoms with Crippen LogP contribution in [0.3, 0.4) is 0 Å². The SMILES string of the molecule is CCN1CN(CC(O)COc2ccc(C)cc2C)CC1=O. The second-order valence-electron chi connectivity index (χ2n) is 5.64. The predicted molar refractivity (Wildman–Crippen MR) is 81.2 cm³/mol. The lowest BCUT2D eigenvalue weighted by Crippen LogP contribution is -2.35. The zero-order chi connectivity index (χ0) is 15.4. The van der Waals surface area contributed by atoms with Crippen LogP contribution in [0.25, 0.3) is 0 Å². The highest BCUT2D eigenvalue weighted by atomic mass is 16.5. The number of likely N-dealkylation sites (N-methyl/N-ethyl adjacent to an activating group) is 1. The molecule has 1 saturated heterocycles. The Kier molecular flexibility index (Phi) is 5.20. The van der Waals surface area contributed by atoms with Crippen LogP contribution in [0, 0.1) is 13.8 Å². The number of aryl methyl sites for hydroxylation is 2. The Morgan fingerprint density at radius 2 is 2.14 bits per heavy atom. The minimum atomic E-state index is -0.602. The quantitative estimate of drug-likeness (QED) is 0.855. The number of carbonyl (C=O) groups is 1. The van der Waals surface area contributed by atoms with Crippen LogP contribution in [-0.2, 0) is 4.79 Å². The Hall–Kier alpha value is -1.59. The molecule has 5 nitrogen and oxygen atoms in total. The number of hydrogen-bond donors (Lipinski definition) is 1. The highest BCUT2D eigenvalue weighted by Gasteiger charge is 2.27. The third-order valence-corrected chi connectivity index (χ3v) is 3.69. The van der Waals surface area contributed by atoms with Crippen molar-refractivity contribution in [2.75, 3.05) is 32.9 Å². The molecule has 1 aromatic carbocycles. The van der Waals surface area contributed by atoms with Gasteiger partial charge >= 0.3 is 0 Å². The molecule has 0 saturated carbocycles. The molecule has 1 aliphatic rings. The van der Waals surface area contributed by atoms with Crippen molar-refractivity contribution in [3.8, 4) is 5.75 Å². The molecule has 1 N–H and O–H groups in total. The normalized spacial score (nSPS) is 17.3. The number of benzene rings is 1. The summed E-state index contributed by atoms with van der Waals surface area (Å²) >= 11 is 0. The number of β-amino-alcohol motifs (C(OH)–C–C–N with tert-alkyl or cyclic N) is 1. The molecule has 1 aliphatic heterocycles. The van der Waals surface area contributed by atoms with Gasteiger partial charge in [-0.05, 0) is 32.4 Å². The number of aliphatic hydroxyl groups is 1. The number of aliphatic hydroxyl groups excluding tert-OH is 1. The molecule has 21 heavy (non-hydrogen) atoms. The van der Waals surface area contributed by atoms with E-state index in [1.54, 1.807) is 4.90 Å². The van der Waals surface area contributed by atoms with E-state index in [4.69, 9.17) is 4.74 Å². The van der Waals surface area contributed by atoms with Gasteiger partial charge in [-0.1, -0.05) is 17.7 Å². The Morgan fingerprint density at radius 1 is 1.38 bits per heavy atom. The van der Waals surface area contributed by atoms with Crippen molar-refractivity contribution in [3.63, 3.8) is 0 Å². The van der Waals surface area contributed by atoms with Gasteiger partial charge in [-0.2, -0.15) is 0 Å². The second kappa shape index (κ2) is 6.91. The van der Waals surface area contributed by atoms with E-state index < -0.39 is 6.10 Å². The molecular weight excluding hydrogens is 268 g/mol. The van der Waals surface area contributed by atoms with E-state index in [9.17, 15) is 9.90 Å². The van der Waals surface area contributed by atoms with E-state index in [0.29, 0.717) is 26.3 Å². The van der Waals surface area contributed by atoms with Crippen molar-refractivity contribution in [1.82, 2.24) is 9.80 Å². The standard InChI is InChI=1S/C16H24N2O3/c1-4-18-11-17(9-16(18)20)8-14(19)10-21-15-6-5-12(2)7-13(15)3/h5-7,14,19H,4,8-11H2,1-3H3. The highest BCUT2D eigenvalue weighted by molar-refractivity contribution is 5.79. The molecule has 0 aromatic heterocycles. The van der Waals surface area contributed by atoms with Crippen molar-refractivity contribution in [3.05, 3.63) is 29.3 Å². The summed E-state index contributed by atoms with van der Waals surface area (Å²) in [5, 5.41) is 10.1. The summed E-state index contributed by atoms with van der Waals surface area (Å²) in [5.74, 6) is 0.923. The largest absolute Gasteiger partial charge is 0.491 e. The second-order valence-corrected chi connectivity index (χ2v) is 5.64. The maximum atomic E-state index is 11.6. The Bertz CT molecular complexity index is 504. The molecule has 1 fully saturated rings. The number of nitrogens with zero attached hydrogens (tertiary/aromatic N) is 2. The van der Waals surface area contributed by atoms with Gasteiger partial charge in [-0.3, -0.25) is 9.69 Å². The molecule has 1 atom stereocenters. The monoisotopic (exact) mass is 292 g/mol. The molecule has 116 valence electrons. The smallest absolute Gasteiger partial charge is 0.237 e. The van der Waals surface area contributed by atoms with Gasteiger partial charge in [0, 0.05) is 13.1 Å². The lowest BCUT2D eigenvalue weighted by molar-refractivity contribution is -0.126. The Labute approximate surface area is 126 Å². The van der Waals surface area contributed by atoms with Crippen LogP contribution in [0.5, 0.6) is 5.75 Å². The molecule has 0 aliphatic carbocycles. The lowest BCUT2D eigenvalue weighted by Gasteiger charge is -2.20. The van der Waals surface area contributed by atoms with E-state index in [0.717, 1.165) is 11.3 Å². The number of carbonyl (C=O) groups excluding carboxylic acids is 1. The van der Waals surface area contributed by atoms with Crippen molar-refractivity contribution < 1.29 is 14.6 Å². The molecule has 0 spiro atoms. The van der Waals surface area contributed by atoms with E-state index in [2.05, 4.69) is 6.07 Å². The lowest BCUT2D eigenvalue weighted by atomic mass is 10.1. The summed E-state index contributed by atoms with van der Waals surface area (Å²) in [4.78, 5) is 15.3. The van der Waals surface area contributed by atoms with Gasteiger partial charge in [0.1, 0.15) is 18.5 Å². The van der Waals surface area contributed by atoms with E-state index in [-0.39, 0.29) is 12.5 Å². The summed E-state index contributed by atoms with van der Waals surface area (Å²) in [5.41, 5.74) is 2.26. The van der Waals surface area contributed by atoms with Gasteiger partial charge in [0.05, 0.1) is 13.2 Å². The van der Waals surface area contributed by atoms with Crippen LogP contribution in [0.4, 0.5) is 0 Å². The van der Waals surface area contributed by atoms with Gasteiger partial charge in [-0.25, -0.2) is 0 Å². The molecule has 2 rings (SSSR count). The molecule has 0 radical (unpaired) electrons. The zero-order valence-electron chi connectivity index (χ0n) is 13.0. The molecule has 1 heterocycles. The first-order chi connectivity index (χ1) is 9.99. The Morgan fingerprint density at radius 3 is 2.76 bits per heavy atom. The van der Waals surface area contributed by atoms with Gasteiger partial charge in [0.2, 0.25) is 5.91 Å². The van der Waals surface area contributed by atoms with Crippen LogP contribution in [0.1, 0.15) is 18.1 Å². The van der Waals surface area contributed by atoms with Crippen LogP contribution in [-0.4, -0.2) is 59.8 Å². The molecule has 1 amide bonds. The van der Waals surface area contributed by atoms with E-state index in [1.807, 2.05) is 37.8 Å². The number of rotatable bonds is 6. The third-order valence-electron chi connectivity index (χ3n) is 3.69. The molecule has 0 bridgehead atoms. The summed E-state index contributed by atoms with van der Waals surface area (Å²) in [6.45, 7) is 8.37. The maximum Gasteiger partial charge on any atom is 0.237 e. The number of hydrogen-bond acceptors (Lipinski definition) is 4. The fourth-order valence-electron chi connectivity index (χ4n) is 2.56. The summed E-state index contributed by atoms with van der Waals surface area (Å²) in [7, 11) is 0. The summed E-state index contributed by atoms with van der Waals surface area (Å²) in [6, 6.07) is 5.97. The molecular formula is C16H24N2O3. The molecule has 1 aromatic rings. The van der Waals surface area contributed by atoms with Crippen molar-refractivity contribution in [1.29, 1.82) is 0 Å². The van der Waals surface area contributed by atoms with Crippen molar-refractivity contribution in [2.45, 2.75) is 26.9 Å². The van der Waals surface area contributed by atoms with E-state index in [1.165, 1.54) is 5.56 Å². The average Bonchev–Trinajstić information content (AvgIpc) is 2.77. The Balaban J connectivity index is 1.80. The minimum Gasteiger partial charge on any atom is -0.491 e. The first-order valence-corrected chi connectivity index (χ1v) is 7.38. The summed E-state index contributed by atoms with van der Waals surface area (Å²) in [6.07, 6.45) is -0.602. The third kappa shape index (κ3) is 4.19. The molecule has 5 heteroatoms. The van der Waals surface area contributed by atoms with Crippen molar-refractivity contribution in [2.24, 2.45) is 0 Å². The zero-order valence-corrected chi connectivity index (χ0v) is 13.0. The first-order valence-electron chi connectivity index (χ1n) is 7.38. The van der Waals surface area contributed by atoms with Crippen LogP contribution in [0.15, 0.2) is 18.2 Å². The fraction of sp³-hybridized carbons (Fsp3) is 0.562. The maximum absolute atomic E-state index is 11.6. The van der Waals surface area contributed by atoms with Gasteiger partial charge in [0.25, 0.3) is 0 Å². The van der Waals surface area contributed by atoms with Gasteiger partial charge in [-0.15, -0.1) is 0 Å².